The Kier molecular flexibility index (Phi) is 5.63. The highest BCUT2D eigenvalue weighted by Gasteiger charge is 2.28. The molecule has 31 heavy (non-hydrogen) atoms. The van der Waals surface area contributed by atoms with Gasteiger partial charge in [0.05, 0.1) is 5.69 Å². The standard InChI is InChI=1S/C22H20FN3O3S2/c1-14(2)15-7-9-18(10-8-15)26(3)31(27,28)19-11-12-30-20(19)22-24-21(25-29-22)16-5-4-6-17(23)13-16/h4-14H,1-3H3. The molecule has 0 fully saturated rings. The largest absolute Gasteiger partial charge is 0.333 e. The predicted molar refractivity (Wildman–Crippen MR) is 119 cm³/mol. The zero-order chi connectivity index (χ0) is 22.2. The number of anilines is 1. The van der Waals surface area contributed by atoms with Gasteiger partial charge in [0.25, 0.3) is 15.9 Å². The lowest BCUT2D eigenvalue weighted by atomic mass is 10.0. The molecule has 0 saturated carbocycles. The Labute approximate surface area is 184 Å². The maximum Gasteiger partial charge on any atom is 0.269 e. The first kappa shape index (κ1) is 21.2. The van der Waals surface area contributed by atoms with Gasteiger partial charge >= 0.3 is 0 Å². The van der Waals surface area contributed by atoms with Crippen molar-refractivity contribution in [2.75, 3.05) is 11.4 Å². The summed E-state index contributed by atoms with van der Waals surface area (Å²) in [6.45, 7) is 4.16. The summed E-state index contributed by atoms with van der Waals surface area (Å²) in [5.74, 6) is 0.179. The van der Waals surface area contributed by atoms with E-state index >= 15 is 0 Å². The van der Waals surface area contributed by atoms with Crippen LogP contribution in [0.2, 0.25) is 0 Å². The quantitative estimate of drug-likeness (QED) is 0.379. The molecule has 0 aliphatic heterocycles. The minimum Gasteiger partial charge on any atom is -0.333 e. The third kappa shape index (κ3) is 4.11. The van der Waals surface area contributed by atoms with Crippen LogP contribution in [0.4, 0.5) is 10.1 Å². The van der Waals surface area contributed by atoms with E-state index in [0.717, 1.165) is 5.56 Å². The number of sulfonamides is 1. The molecule has 9 heteroatoms. The van der Waals surface area contributed by atoms with Gasteiger partial charge in [-0.05, 0) is 47.2 Å². The van der Waals surface area contributed by atoms with Gasteiger partial charge < -0.3 is 4.52 Å². The van der Waals surface area contributed by atoms with Gasteiger partial charge in [-0.1, -0.05) is 43.3 Å². The Morgan fingerprint density at radius 3 is 2.52 bits per heavy atom. The third-order valence-corrected chi connectivity index (χ3v) is 7.75. The number of hydrogen-bond acceptors (Lipinski definition) is 6. The number of benzene rings is 2. The van der Waals surface area contributed by atoms with E-state index in [1.165, 1.54) is 40.9 Å². The van der Waals surface area contributed by atoms with E-state index in [-0.39, 0.29) is 16.6 Å². The molecule has 0 saturated heterocycles. The molecule has 4 rings (SSSR count). The van der Waals surface area contributed by atoms with Crippen molar-refractivity contribution in [1.82, 2.24) is 10.1 Å². The van der Waals surface area contributed by atoms with E-state index in [0.29, 0.717) is 22.0 Å². The summed E-state index contributed by atoms with van der Waals surface area (Å²) in [5.41, 5.74) is 2.12. The van der Waals surface area contributed by atoms with Crippen molar-refractivity contribution in [1.29, 1.82) is 0 Å². The summed E-state index contributed by atoms with van der Waals surface area (Å²) < 4.78 is 46.7. The van der Waals surface area contributed by atoms with Crippen LogP contribution in [0.3, 0.4) is 0 Å². The topological polar surface area (TPSA) is 76.3 Å². The second-order valence-corrected chi connectivity index (χ2v) is 10.1. The predicted octanol–water partition coefficient (Wildman–Crippen LogP) is 5.55. The van der Waals surface area contributed by atoms with E-state index in [9.17, 15) is 12.8 Å². The van der Waals surface area contributed by atoms with Crippen LogP contribution in [0.15, 0.2) is 69.4 Å². The summed E-state index contributed by atoms with van der Waals surface area (Å²) in [6.07, 6.45) is 0. The number of thiophene rings is 1. The van der Waals surface area contributed by atoms with Crippen LogP contribution >= 0.6 is 11.3 Å². The molecule has 6 nitrogen and oxygen atoms in total. The Morgan fingerprint density at radius 1 is 1.10 bits per heavy atom. The second-order valence-electron chi connectivity index (χ2n) is 7.27. The maximum atomic E-state index is 13.5. The third-order valence-electron chi connectivity index (χ3n) is 4.89. The fourth-order valence-electron chi connectivity index (χ4n) is 3.07. The van der Waals surface area contributed by atoms with E-state index < -0.39 is 15.8 Å². The molecule has 0 bridgehead atoms. The van der Waals surface area contributed by atoms with Gasteiger partial charge in [0.1, 0.15) is 15.6 Å². The van der Waals surface area contributed by atoms with Gasteiger partial charge in [-0.2, -0.15) is 4.98 Å². The molecular formula is C22H20FN3O3S2. The highest BCUT2D eigenvalue weighted by molar-refractivity contribution is 7.93. The van der Waals surface area contributed by atoms with Gasteiger partial charge in [-0.15, -0.1) is 11.3 Å². The van der Waals surface area contributed by atoms with Crippen molar-refractivity contribution >= 4 is 27.0 Å². The molecule has 0 N–H and O–H groups in total. The lowest BCUT2D eigenvalue weighted by Gasteiger charge is -2.20. The van der Waals surface area contributed by atoms with Crippen LogP contribution in [0.1, 0.15) is 25.3 Å². The van der Waals surface area contributed by atoms with Crippen molar-refractivity contribution in [3.05, 3.63) is 71.4 Å². The molecule has 160 valence electrons. The maximum absolute atomic E-state index is 13.5. The van der Waals surface area contributed by atoms with Gasteiger partial charge in [0.15, 0.2) is 0 Å². The molecule has 0 aliphatic carbocycles. The van der Waals surface area contributed by atoms with Crippen LogP contribution in [0, 0.1) is 5.82 Å². The summed E-state index contributed by atoms with van der Waals surface area (Å²) in [7, 11) is -2.36. The number of aromatic nitrogens is 2. The Morgan fingerprint density at radius 2 is 1.84 bits per heavy atom. The average molecular weight is 458 g/mol. The summed E-state index contributed by atoms with van der Waals surface area (Å²) in [6, 6.07) is 14.7. The molecule has 0 radical (unpaired) electrons. The number of hydrogen-bond donors (Lipinski definition) is 0. The average Bonchev–Trinajstić information content (AvgIpc) is 3.43. The van der Waals surface area contributed by atoms with E-state index in [1.807, 2.05) is 12.1 Å². The van der Waals surface area contributed by atoms with Crippen LogP contribution in [-0.2, 0) is 10.0 Å². The molecule has 2 aromatic carbocycles. The second kappa shape index (κ2) is 8.24. The zero-order valence-corrected chi connectivity index (χ0v) is 18.7. The first-order valence-electron chi connectivity index (χ1n) is 9.54. The van der Waals surface area contributed by atoms with Crippen molar-refractivity contribution in [2.24, 2.45) is 0 Å². The van der Waals surface area contributed by atoms with E-state index in [2.05, 4.69) is 24.0 Å². The molecule has 0 amide bonds. The molecule has 0 unspecified atom stereocenters. The summed E-state index contributed by atoms with van der Waals surface area (Å²) >= 11 is 1.18. The van der Waals surface area contributed by atoms with Crippen LogP contribution < -0.4 is 4.31 Å². The monoisotopic (exact) mass is 457 g/mol. The first-order chi connectivity index (χ1) is 14.8. The summed E-state index contributed by atoms with van der Waals surface area (Å²) in [5, 5.41) is 5.54. The van der Waals surface area contributed by atoms with Crippen LogP contribution in [-0.4, -0.2) is 25.6 Å². The van der Waals surface area contributed by atoms with Gasteiger partial charge in [0, 0.05) is 12.6 Å². The van der Waals surface area contributed by atoms with Crippen molar-refractivity contribution in [3.63, 3.8) is 0 Å². The molecular weight excluding hydrogens is 437 g/mol. The highest BCUT2D eigenvalue weighted by atomic mass is 32.2. The minimum absolute atomic E-state index is 0.0661. The number of halogens is 1. The minimum atomic E-state index is -3.87. The normalized spacial score (nSPS) is 11.8. The number of nitrogens with zero attached hydrogens (tertiary/aromatic N) is 3. The Hall–Kier alpha value is -3.04. The molecule has 0 spiro atoms. The SMILES string of the molecule is CC(C)c1ccc(N(C)S(=O)(=O)c2ccsc2-c2nc(-c3cccc(F)c3)no2)cc1. The van der Waals surface area contributed by atoms with Gasteiger partial charge in [0.2, 0.25) is 5.82 Å². The van der Waals surface area contributed by atoms with Gasteiger partial charge in [-0.25, -0.2) is 12.8 Å². The fraction of sp³-hybridized carbons (Fsp3) is 0.182. The molecule has 0 atom stereocenters. The van der Waals surface area contributed by atoms with Crippen molar-refractivity contribution < 1.29 is 17.3 Å². The molecule has 4 aromatic rings. The molecule has 2 heterocycles. The van der Waals surface area contributed by atoms with Crippen LogP contribution in [0.25, 0.3) is 22.2 Å². The van der Waals surface area contributed by atoms with E-state index in [1.54, 1.807) is 29.6 Å². The first-order valence-corrected chi connectivity index (χ1v) is 11.9. The smallest absolute Gasteiger partial charge is 0.269 e. The Balaban J connectivity index is 1.67. The van der Waals surface area contributed by atoms with Crippen LogP contribution in [0.5, 0.6) is 0 Å². The van der Waals surface area contributed by atoms with Crippen molar-refractivity contribution in [3.8, 4) is 22.2 Å². The van der Waals surface area contributed by atoms with Gasteiger partial charge in [-0.3, -0.25) is 4.31 Å². The lowest BCUT2D eigenvalue weighted by molar-refractivity contribution is 0.432. The zero-order valence-electron chi connectivity index (χ0n) is 17.1. The lowest BCUT2D eigenvalue weighted by Crippen LogP contribution is -2.26. The fourth-order valence-corrected chi connectivity index (χ4v) is 5.58. The molecule has 2 aromatic heterocycles. The Bertz CT molecular complexity index is 1310. The van der Waals surface area contributed by atoms with Crippen molar-refractivity contribution in [2.45, 2.75) is 24.7 Å². The number of rotatable bonds is 6. The van der Waals surface area contributed by atoms with E-state index in [4.69, 9.17) is 4.52 Å². The summed E-state index contributed by atoms with van der Waals surface area (Å²) in [4.78, 5) is 4.69. The molecule has 0 aliphatic rings. The highest BCUT2D eigenvalue weighted by Crippen LogP contribution is 2.35.